The van der Waals surface area contributed by atoms with E-state index in [-0.39, 0.29) is 18.7 Å². The second kappa shape index (κ2) is 6.60. The number of nitrogens with two attached hydrogens (primary N) is 1. The lowest BCUT2D eigenvalue weighted by Crippen LogP contribution is -2.28. The average Bonchev–Trinajstić information content (AvgIpc) is 2.36. The predicted octanol–water partition coefficient (Wildman–Crippen LogP) is 2.20. The summed E-state index contributed by atoms with van der Waals surface area (Å²) in [7, 11) is 0. The Morgan fingerprint density at radius 3 is 2.45 bits per heavy atom. The molecule has 4 N–H and O–H groups in total. The molecule has 0 atom stereocenters. The van der Waals surface area contributed by atoms with Gasteiger partial charge in [-0.15, -0.1) is 0 Å². The lowest BCUT2D eigenvalue weighted by Gasteiger charge is -2.25. The minimum absolute atomic E-state index is 0.143. The number of hydrogen-bond donors (Lipinski definition) is 3. The van der Waals surface area contributed by atoms with E-state index in [0.717, 1.165) is 12.5 Å². The Bertz CT molecular complexity index is 468. The van der Waals surface area contributed by atoms with Crippen molar-refractivity contribution in [1.29, 1.82) is 5.41 Å². The molecule has 0 bridgehead atoms. The number of nitrogen functional groups attached to an aromatic ring is 1. The zero-order chi connectivity index (χ0) is 15.3. The summed E-state index contributed by atoms with van der Waals surface area (Å²) in [4.78, 5) is 1.67. The van der Waals surface area contributed by atoms with Crippen LogP contribution < -0.4 is 10.6 Å². The number of aliphatic hydroxyl groups is 1. The van der Waals surface area contributed by atoms with E-state index in [1.807, 2.05) is 6.92 Å². The van der Waals surface area contributed by atoms with E-state index in [4.69, 9.17) is 16.2 Å². The highest BCUT2D eigenvalue weighted by atomic mass is 19.4. The van der Waals surface area contributed by atoms with Crippen LogP contribution in [0.5, 0.6) is 0 Å². The molecule has 1 aromatic carbocycles. The highest BCUT2D eigenvalue weighted by molar-refractivity contribution is 5.97. The lowest BCUT2D eigenvalue weighted by atomic mass is 10.0. The van der Waals surface area contributed by atoms with Crippen LogP contribution in [0.2, 0.25) is 0 Å². The Morgan fingerprint density at radius 2 is 2.00 bits per heavy atom. The van der Waals surface area contributed by atoms with Crippen molar-refractivity contribution in [2.24, 2.45) is 5.73 Å². The molecule has 0 fully saturated rings. The molecule has 0 unspecified atom stereocenters. The Hall–Kier alpha value is -1.76. The molecule has 4 nitrogen and oxygen atoms in total. The molecule has 0 amide bonds. The minimum Gasteiger partial charge on any atom is -0.395 e. The van der Waals surface area contributed by atoms with Gasteiger partial charge >= 0.3 is 6.18 Å². The van der Waals surface area contributed by atoms with Crippen molar-refractivity contribution >= 4 is 11.5 Å². The zero-order valence-electron chi connectivity index (χ0n) is 11.2. The molecule has 7 heteroatoms. The van der Waals surface area contributed by atoms with Crippen molar-refractivity contribution in [3.05, 3.63) is 29.3 Å². The number of rotatable bonds is 6. The van der Waals surface area contributed by atoms with Gasteiger partial charge in [0, 0.05) is 24.3 Å². The molecule has 1 rings (SSSR count). The lowest BCUT2D eigenvalue weighted by molar-refractivity contribution is -0.137. The third-order valence-electron chi connectivity index (χ3n) is 2.83. The van der Waals surface area contributed by atoms with Crippen molar-refractivity contribution in [1.82, 2.24) is 0 Å². The predicted molar refractivity (Wildman–Crippen MR) is 72.0 cm³/mol. The van der Waals surface area contributed by atoms with Gasteiger partial charge in [0.15, 0.2) is 0 Å². The summed E-state index contributed by atoms with van der Waals surface area (Å²) >= 11 is 0. The van der Waals surface area contributed by atoms with Crippen LogP contribution in [0.3, 0.4) is 0 Å². The van der Waals surface area contributed by atoms with Crippen LogP contribution in [-0.2, 0) is 6.18 Å². The smallest absolute Gasteiger partial charge is 0.395 e. The Labute approximate surface area is 115 Å². The maximum absolute atomic E-state index is 13.0. The summed E-state index contributed by atoms with van der Waals surface area (Å²) in [6.07, 6.45) is -3.83. The van der Waals surface area contributed by atoms with Crippen LogP contribution in [0, 0.1) is 5.41 Å². The highest BCUT2D eigenvalue weighted by Crippen LogP contribution is 2.34. The van der Waals surface area contributed by atoms with Gasteiger partial charge in [-0.3, -0.25) is 5.41 Å². The van der Waals surface area contributed by atoms with Crippen LogP contribution in [0.4, 0.5) is 18.9 Å². The summed E-state index contributed by atoms with van der Waals surface area (Å²) in [5, 5.41) is 16.2. The second-order valence-corrected chi connectivity index (χ2v) is 4.35. The minimum atomic E-state index is -4.58. The highest BCUT2D eigenvalue weighted by Gasteiger charge is 2.34. The Balaban J connectivity index is 3.27. The molecule has 0 saturated heterocycles. The molecule has 0 aromatic heterocycles. The maximum Gasteiger partial charge on any atom is 0.417 e. The molecule has 0 saturated carbocycles. The third kappa shape index (κ3) is 3.86. The number of aliphatic hydroxyl groups excluding tert-OH is 1. The first kappa shape index (κ1) is 16.3. The number of halogens is 3. The standard InChI is InChI=1S/C13H18F3N3O/c1-2-5-19(6-7-20)9-3-4-10(12(17)18)11(8-9)13(14,15)16/h3-4,8,20H,2,5-7H2,1H3,(H3,17,18). The molecule has 0 heterocycles. The molecule has 0 aliphatic heterocycles. The summed E-state index contributed by atoms with van der Waals surface area (Å²) in [5.74, 6) is -0.618. The van der Waals surface area contributed by atoms with E-state index in [1.165, 1.54) is 12.1 Å². The first-order valence-corrected chi connectivity index (χ1v) is 6.22. The summed E-state index contributed by atoms with van der Waals surface area (Å²) < 4.78 is 39.0. The molecular weight excluding hydrogens is 271 g/mol. The molecular formula is C13H18F3N3O. The first-order valence-electron chi connectivity index (χ1n) is 6.22. The number of anilines is 1. The molecule has 112 valence electrons. The van der Waals surface area contributed by atoms with Gasteiger partial charge in [-0.25, -0.2) is 0 Å². The first-order chi connectivity index (χ1) is 9.31. The summed E-state index contributed by atoms with van der Waals surface area (Å²) in [5.41, 5.74) is 4.28. The Morgan fingerprint density at radius 1 is 1.35 bits per heavy atom. The van der Waals surface area contributed by atoms with Gasteiger partial charge in [-0.05, 0) is 24.6 Å². The van der Waals surface area contributed by atoms with E-state index in [0.29, 0.717) is 12.2 Å². The van der Waals surface area contributed by atoms with Crippen molar-refractivity contribution in [3.63, 3.8) is 0 Å². The van der Waals surface area contributed by atoms with E-state index >= 15 is 0 Å². The normalized spacial score (nSPS) is 11.4. The van der Waals surface area contributed by atoms with Crippen LogP contribution in [-0.4, -0.2) is 30.6 Å². The quantitative estimate of drug-likeness (QED) is 0.555. The van der Waals surface area contributed by atoms with Gasteiger partial charge in [0.05, 0.1) is 12.2 Å². The van der Waals surface area contributed by atoms with Gasteiger partial charge in [0.25, 0.3) is 0 Å². The van der Waals surface area contributed by atoms with Crippen LogP contribution in [0.15, 0.2) is 18.2 Å². The number of nitrogens with zero attached hydrogens (tertiary/aromatic N) is 1. The summed E-state index contributed by atoms with van der Waals surface area (Å²) in [6, 6.07) is 3.65. The van der Waals surface area contributed by atoms with Crippen molar-refractivity contribution in [3.8, 4) is 0 Å². The second-order valence-electron chi connectivity index (χ2n) is 4.35. The van der Waals surface area contributed by atoms with Crippen LogP contribution in [0.25, 0.3) is 0 Å². The van der Waals surface area contributed by atoms with Gasteiger partial charge in [0.2, 0.25) is 0 Å². The average molecular weight is 289 g/mol. The van der Waals surface area contributed by atoms with Crippen LogP contribution >= 0.6 is 0 Å². The van der Waals surface area contributed by atoms with Gasteiger partial charge in [0.1, 0.15) is 5.84 Å². The monoisotopic (exact) mass is 289 g/mol. The summed E-state index contributed by atoms with van der Waals surface area (Å²) in [6.45, 7) is 2.55. The van der Waals surface area contributed by atoms with Gasteiger partial charge in [-0.2, -0.15) is 13.2 Å². The van der Waals surface area contributed by atoms with Crippen molar-refractivity contribution in [2.75, 3.05) is 24.6 Å². The molecule has 0 radical (unpaired) electrons. The number of benzene rings is 1. The SMILES string of the molecule is CCCN(CCO)c1ccc(C(=N)N)c(C(F)(F)F)c1. The largest absolute Gasteiger partial charge is 0.417 e. The molecule has 1 aromatic rings. The fourth-order valence-electron chi connectivity index (χ4n) is 1.96. The zero-order valence-corrected chi connectivity index (χ0v) is 11.2. The van der Waals surface area contributed by atoms with E-state index < -0.39 is 17.6 Å². The fourth-order valence-corrected chi connectivity index (χ4v) is 1.96. The van der Waals surface area contributed by atoms with Gasteiger partial charge in [-0.1, -0.05) is 6.92 Å². The number of alkyl halides is 3. The number of hydrogen-bond acceptors (Lipinski definition) is 3. The topological polar surface area (TPSA) is 73.3 Å². The van der Waals surface area contributed by atoms with E-state index in [2.05, 4.69) is 0 Å². The third-order valence-corrected chi connectivity index (χ3v) is 2.83. The maximum atomic E-state index is 13.0. The van der Waals surface area contributed by atoms with E-state index in [1.54, 1.807) is 4.90 Å². The number of nitrogens with one attached hydrogen (secondary N) is 1. The molecule has 0 aliphatic rings. The Kier molecular flexibility index (Phi) is 5.38. The van der Waals surface area contributed by atoms with Crippen LogP contribution in [0.1, 0.15) is 24.5 Å². The molecule has 0 aliphatic carbocycles. The number of amidine groups is 1. The van der Waals surface area contributed by atoms with Gasteiger partial charge < -0.3 is 15.7 Å². The fraction of sp³-hybridized carbons (Fsp3) is 0.462. The van der Waals surface area contributed by atoms with Crippen molar-refractivity contribution < 1.29 is 18.3 Å². The van der Waals surface area contributed by atoms with E-state index in [9.17, 15) is 13.2 Å². The molecule has 0 spiro atoms. The van der Waals surface area contributed by atoms with Crippen molar-refractivity contribution in [2.45, 2.75) is 19.5 Å². The molecule has 20 heavy (non-hydrogen) atoms.